The Morgan fingerprint density at radius 2 is 1.96 bits per heavy atom. The number of methoxy groups -OCH3 is 1. The number of nitrogens with one attached hydrogen (secondary N) is 1. The van der Waals surface area contributed by atoms with Crippen LogP contribution in [0.15, 0.2) is 36.4 Å². The SMILES string of the molecule is CCCCNC(=O)N1CCC[C@H](C(=O)c2ccc3cc(OC)ccc3c2)C1. The first-order valence-corrected chi connectivity index (χ1v) is 9.77. The monoisotopic (exact) mass is 368 g/mol. The zero-order valence-corrected chi connectivity index (χ0v) is 16.2. The molecule has 0 spiro atoms. The van der Waals surface area contributed by atoms with Crippen molar-refractivity contribution in [3.8, 4) is 5.75 Å². The van der Waals surface area contributed by atoms with Gasteiger partial charge in [0.1, 0.15) is 5.75 Å². The number of amides is 2. The number of ether oxygens (including phenoxy) is 1. The van der Waals surface area contributed by atoms with E-state index in [4.69, 9.17) is 4.74 Å². The number of nitrogens with zero attached hydrogens (tertiary/aromatic N) is 1. The number of hydrogen-bond acceptors (Lipinski definition) is 3. The molecular formula is C22H28N2O3. The van der Waals surface area contributed by atoms with E-state index in [9.17, 15) is 9.59 Å². The standard InChI is InChI=1S/C22H28N2O3/c1-3-4-11-23-22(26)24-12-5-6-19(15-24)21(25)18-8-7-17-14-20(27-2)10-9-16(17)13-18/h7-10,13-14,19H,3-6,11-12,15H2,1-2H3,(H,23,26)/t19-/m0/s1. The van der Waals surface area contributed by atoms with E-state index in [2.05, 4.69) is 12.2 Å². The molecule has 5 nitrogen and oxygen atoms in total. The molecule has 0 aromatic heterocycles. The molecule has 0 bridgehead atoms. The molecule has 1 aliphatic heterocycles. The fourth-order valence-electron chi connectivity index (χ4n) is 3.60. The summed E-state index contributed by atoms with van der Waals surface area (Å²) in [6, 6.07) is 11.6. The number of piperidine rings is 1. The van der Waals surface area contributed by atoms with Crippen molar-refractivity contribution < 1.29 is 14.3 Å². The van der Waals surface area contributed by atoms with Gasteiger partial charge in [-0.3, -0.25) is 4.79 Å². The maximum atomic E-state index is 13.0. The molecule has 1 aliphatic rings. The van der Waals surface area contributed by atoms with E-state index >= 15 is 0 Å². The number of unbranched alkanes of at least 4 members (excludes halogenated alkanes) is 1. The number of fused-ring (bicyclic) bond motifs is 1. The van der Waals surface area contributed by atoms with Gasteiger partial charge in [-0.05, 0) is 48.2 Å². The first-order valence-electron chi connectivity index (χ1n) is 9.77. The Morgan fingerprint density at radius 3 is 2.74 bits per heavy atom. The van der Waals surface area contributed by atoms with Crippen molar-refractivity contribution in [1.29, 1.82) is 0 Å². The van der Waals surface area contributed by atoms with E-state index < -0.39 is 0 Å². The predicted molar refractivity (Wildman–Crippen MR) is 107 cm³/mol. The molecular weight excluding hydrogens is 340 g/mol. The van der Waals surface area contributed by atoms with Gasteiger partial charge in [0, 0.05) is 31.1 Å². The molecule has 1 heterocycles. The van der Waals surface area contributed by atoms with E-state index in [0.717, 1.165) is 48.8 Å². The van der Waals surface area contributed by atoms with Crippen LogP contribution in [0, 0.1) is 5.92 Å². The van der Waals surface area contributed by atoms with E-state index in [-0.39, 0.29) is 17.7 Å². The highest BCUT2D eigenvalue weighted by atomic mass is 16.5. The molecule has 1 N–H and O–H groups in total. The van der Waals surface area contributed by atoms with Gasteiger partial charge in [-0.15, -0.1) is 0 Å². The summed E-state index contributed by atoms with van der Waals surface area (Å²) in [5, 5.41) is 5.02. The normalized spacial score (nSPS) is 17.0. The van der Waals surface area contributed by atoms with Crippen LogP contribution in [0.5, 0.6) is 5.75 Å². The fourth-order valence-corrected chi connectivity index (χ4v) is 3.60. The van der Waals surface area contributed by atoms with Gasteiger partial charge < -0.3 is 15.0 Å². The first kappa shape index (κ1) is 19.2. The van der Waals surface area contributed by atoms with Crippen molar-refractivity contribution in [2.45, 2.75) is 32.6 Å². The van der Waals surface area contributed by atoms with Gasteiger partial charge in [0.15, 0.2) is 5.78 Å². The highest BCUT2D eigenvalue weighted by molar-refractivity contribution is 6.01. The van der Waals surface area contributed by atoms with Gasteiger partial charge in [-0.25, -0.2) is 4.79 Å². The number of ketones is 1. The third-order valence-corrected chi connectivity index (χ3v) is 5.22. The molecule has 0 saturated carbocycles. The molecule has 1 fully saturated rings. The summed E-state index contributed by atoms with van der Waals surface area (Å²) in [6.07, 6.45) is 3.72. The Hall–Kier alpha value is -2.56. The minimum atomic E-state index is -0.133. The van der Waals surface area contributed by atoms with Crippen LogP contribution in [0.4, 0.5) is 4.79 Å². The molecule has 144 valence electrons. The van der Waals surface area contributed by atoms with Gasteiger partial charge in [0.2, 0.25) is 0 Å². The van der Waals surface area contributed by atoms with Crippen LogP contribution >= 0.6 is 0 Å². The van der Waals surface area contributed by atoms with Crippen LogP contribution in [-0.4, -0.2) is 43.5 Å². The van der Waals surface area contributed by atoms with Gasteiger partial charge in [-0.2, -0.15) is 0 Å². The molecule has 5 heteroatoms. The molecule has 2 amide bonds. The van der Waals surface area contributed by atoms with Gasteiger partial charge in [0.25, 0.3) is 0 Å². The first-order chi connectivity index (χ1) is 13.1. The maximum Gasteiger partial charge on any atom is 0.317 e. The molecule has 0 radical (unpaired) electrons. The van der Waals surface area contributed by atoms with Crippen molar-refractivity contribution in [2.24, 2.45) is 5.92 Å². The molecule has 27 heavy (non-hydrogen) atoms. The molecule has 1 saturated heterocycles. The lowest BCUT2D eigenvalue weighted by molar-refractivity contribution is 0.0846. The number of carbonyl (C=O) groups is 2. The van der Waals surface area contributed by atoms with E-state index in [1.165, 1.54) is 0 Å². The lowest BCUT2D eigenvalue weighted by atomic mass is 9.89. The number of rotatable bonds is 6. The lowest BCUT2D eigenvalue weighted by Gasteiger charge is -2.32. The molecule has 2 aromatic rings. The van der Waals surface area contributed by atoms with Crippen molar-refractivity contribution in [2.75, 3.05) is 26.7 Å². The smallest absolute Gasteiger partial charge is 0.317 e. The number of hydrogen-bond donors (Lipinski definition) is 1. The average Bonchev–Trinajstić information content (AvgIpc) is 2.72. The Labute approximate surface area is 160 Å². The molecule has 1 atom stereocenters. The van der Waals surface area contributed by atoms with Crippen molar-refractivity contribution >= 4 is 22.6 Å². The molecule has 3 rings (SSSR count). The van der Waals surface area contributed by atoms with Crippen LogP contribution in [-0.2, 0) is 0 Å². The zero-order chi connectivity index (χ0) is 19.2. The Balaban J connectivity index is 1.69. The second kappa shape index (κ2) is 8.89. The summed E-state index contributed by atoms with van der Waals surface area (Å²) in [4.78, 5) is 27.1. The van der Waals surface area contributed by atoms with Crippen LogP contribution in [0.25, 0.3) is 10.8 Å². The van der Waals surface area contributed by atoms with E-state index in [0.29, 0.717) is 18.7 Å². The van der Waals surface area contributed by atoms with Crippen LogP contribution in [0.1, 0.15) is 43.0 Å². The minimum Gasteiger partial charge on any atom is -0.497 e. The fraction of sp³-hybridized carbons (Fsp3) is 0.455. The summed E-state index contributed by atoms with van der Waals surface area (Å²) < 4.78 is 5.25. The molecule has 0 aliphatic carbocycles. The Morgan fingerprint density at radius 1 is 1.19 bits per heavy atom. The number of Topliss-reactive ketones (excluding diaryl/α,β-unsaturated/α-hetero) is 1. The predicted octanol–water partition coefficient (Wildman–Crippen LogP) is 4.25. The van der Waals surface area contributed by atoms with E-state index in [1.807, 2.05) is 36.4 Å². The van der Waals surface area contributed by atoms with Gasteiger partial charge in [-0.1, -0.05) is 31.5 Å². The number of urea groups is 1. The van der Waals surface area contributed by atoms with Gasteiger partial charge in [0.05, 0.1) is 7.11 Å². The van der Waals surface area contributed by atoms with Crippen molar-refractivity contribution in [3.63, 3.8) is 0 Å². The quantitative estimate of drug-likeness (QED) is 0.612. The third kappa shape index (κ3) is 4.59. The average molecular weight is 368 g/mol. The molecule has 0 unspecified atom stereocenters. The largest absolute Gasteiger partial charge is 0.497 e. The number of benzene rings is 2. The second-order valence-electron chi connectivity index (χ2n) is 7.16. The third-order valence-electron chi connectivity index (χ3n) is 5.22. The number of carbonyl (C=O) groups excluding carboxylic acids is 2. The maximum absolute atomic E-state index is 13.0. The summed E-state index contributed by atoms with van der Waals surface area (Å²) >= 11 is 0. The van der Waals surface area contributed by atoms with Crippen LogP contribution in [0.2, 0.25) is 0 Å². The molecule has 2 aromatic carbocycles. The lowest BCUT2D eigenvalue weighted by Crippen LogP contribution is -2.47. The number of likely N-dealkylation sites (tertiary alicyclic amines) is 1. The second-order valence-corrected chi connectivity index (χ2v) is 7.16. The summed E-state index contributed by atoms with van der Waals surface area (Å²) in [5.74, 6) is 0.795. The summed E-state index contributed by atoms with van der Waals surface area (Å²) in [7, 11) is 1.65. The van der Waals surface area contributed by atoms with Crippen LogP contribution < -0.4 is 10.1 Å². The topological polar surface area (TPSA) is 58.6 Å². The van der Waals surface area contributed by atoms with E-state index in [1.54, 1.807) is 12.0 Å². The van der Waals surface area contributed by atoms with Crippen LogP contribution in [0.3, 0.4) is 0 Å². The summed E-state index contributed by atoms with van der Waals surface area (Å²) in [5.41, 5.74) is 0.714. The van der Waals surface area contributed by atoms with Crippen molar-refractivity contribution in [3.05, 3.63) is 42.0 Å². The zero-order valence-electron chi connectivity index (χ0n) is 16.2. The minimum absolute atomic E-state index is 0.0495. The summed E-state index contributed by atoms with van der Waals surface area (Å²) in [6.45, 7) is 4.01. The van der Waals surface area contributed by atoms with Crippen molar-refractivity contribution in [1.82, 2.24) is 10.2 Å². The Kier molecular flexibility index (Phi) is 6.32. The highest BCUT2D eigenvalue weighted by Gasteiger charge is 2.29. The van der Waals surface area contributed by atoms with Gasteiger partial charge >= 0.3 is 6.03 Å². The highest BCUT2D eigenvalue weighted by Crippen LogP contribution is 2.25. The Bertz CT molecular complexity index is 818.